The fraction of sp³-hybridized carbons (Fsp3) is 0.533. The van der Waals surface area contributed by atoms with Gasteiger partial charge in [-0.2, -0.15) is 0 Å². The van der Waals surface area contributed by atoms with Gasteiger partial charge in [0.25, 0.3) is 0 Å². The first kappa shape index (κ1) is 15.3. The highest BCUT2D eigenvalue weighted by Gasteiger charge is 2.37. The Bertz CT molecular complexity index is 702. The van der Waals surface area contributed by atoms with Crippen LogP contribution in [0.15, 0.2) is 23.1 Å². The van der Waals surface area contributed by atoms with Gasteiger partial charge in [-0.3, -0.25) is 4.79 Å². The number of aryl methyl sites for hydroxylation is 1. The quantitative estimate of drug-likeness (QED) is 0.855. The molecule has 0 aromatic heterocycles. The fourth-order valence-corrected chi connectivity index (χ4v) is 4.28. The van der Waals surface area contributed by atoms with Gasteiger partial charge in [0.2, 0.25) is 15.9 Å². The number of fused-ring (bicyclic) bond motifs is 1. The smallest absolute Gasteiger partial charge is 0.238 e. The zero-order chi connectivity index (χ0) is 15.9. The number of carbonyl (C=O) groups excluding carboxylic acids is 1. The minimum atomic E-state index is -3.73. The number of carbonyl (C=O) groups is 1. The SMILES string of the molecule is NC(=O)[C@H]1CCCC1N1CCCc2ccc(S(N)(=O)=O)cc21. The summed E-state index contributed by atoms with van der Waals surface area (Å²) in [4.78, 5) is 14.0. The third-order valence-electron chi connectivity index (χ3n) is 4.79. The van der Waals surface area contributed by atoms with Crippen molar-refractivity contribution < 1.29 is 13.2 Å². The molecule has 1 aliphatic carbocycles. The minimum Gasteiger partial charge on any atom is -0.369 e. The van der Waals surface area contributed by atoms with Gasteiger partial charge in [-0.1, -0.05) is 12.5 Å². The van der Waals surface area contributed by atoms with Gasteiger partial charge in [-0.05, 0) is 43.4 Å². The molecule has 1 heterocycles. The molecule has 4 N–H and O–H groups in total. The topological polar surface area (TPSA) is 106 Å². The van der Waals surface area contributed by atoms with Crippen LogP contribution in [0.4, 0.5) is 5.69 Å². The summed E-state index contributed by atoms with van der Waals surface area (Å²) in [6.45, 7) is 0.815. The molecule has 6 nitrogen and oxygen atoms in total. The maximum atomic E-state index is 11.7. The van der Waals surface area contributed by atoms with Crippen LogP contribution in [0, 0.1) is 5.92 Å². The van der Waals surface area contributed by atoms with Crippen molar-refractivity contribution in [2.45, 2.75) is 43.0 Å². The van der Waals surface area contributed by atoms with E-state index in [0.29, 0.717) is 0 Å². The molecule has 0 saturated heterocycles. The number of primary amides is 1. The average Bonchev–Trinajstić information content (AvgIpc) is 2.94. The van der Waals surface area contributed by atoms with Crippen molar-refractivity contribution in [2.75, 3.05) is 11.4 Å². The van der Waals surface area contributed by atoms with E-state index in [2.05, 4.69) is 4.90 Å². The number of nitrogens with two attached hydrogens (primary N) is 2. The summed E-state index contributed by atoms with van der Waals surface area (Å²) >= 11 is 0. The summed E-state index contributed by atoms with van der Waals surface area (Å²) in [5, 5.41) is 5.24. The lowest BCUT2D eigenvalue weighted by Crippen LogP contribution is -2.45. The molecule has 22 heavy (non-hydrogen) atoms. The van der Waals surface area contributed by atoms with Crippen molar-refractivity contribution >= 4 is 21.6 Å². The number of anilines is 1. The van der Waals surface area contributed by atoms with E-state index in [-0.39, 0.29) is 22.8 Å². The Morgan fingerprint density at radius 1 is 1.23 bits per heavy atom. The monoisotopic (exact) mass is 323 g/mol. The zero-order valence-corrected chi connectivity index (χ0v) is 13.2. The predicted octanol–water partition coefficient (Wildman–Crippen LogP) is 0.741. The highest BCUT2D eigenvalue weighted by molar-refractivity contribution is 7.89. The summed E-state index contributed by atoms with van der Waals surface area (Å²) in [5.41, 5.74) is 7.52. The lowest BCUT2D eigenvalue weighted by atomic mass is 9.95. The average molecular weight is 323 g/mol. The number of primary sulfonamides is 1. The van der Waals surface area contributed by atoms with E-state index in [4.69, 9.17) is 10.9 Å². The molecule has 2 aliphatic rings. The number of rotatable bonds is 3. The molecule has 7 heteroatoms. The Morgan fingerprint density at radius 2 is 2.00 bits per heavy atom. The molecular formula is C15H21N3O3S. The summed E-state index contributed by atoms with van der Waals surface area (Å²) in [6.07, 6.45) is 4.58. The molecular weight excluding hydrogens is 302 g/mol. The molecule has 1 unspecified atom stereocenters. The third-order valence-corrected chi connectivity index (χ3v) is 5.70. The van der Waals surface area contributed by atoms with Crippen molar-refractivity contribution in [3.05, 3.63) is 23.8 Å². The number of sulfonamides is 1. The van der Waals surface area contributed by atoms with Gasteiger partial charge in [0.05, 0.1) is 10.8 Å². The van der Waals surface area contributed by atoms with Crippen molar-refractivity contribution in [2.24, 2.45) is 16.8 Å². The summed E-state index contributed by atoms with van der Waals surface area (Å²) < 4.78 is 23.2. The highest BCUT2D eigenvalue weighted by atomic mass is 32.2. The van der Waals surface area contributed by atoms with E-state index < -0.39 is 10.0 Å². The summed E-state index contributed by atoms with van der Waals surface area (Å²) in [5.74, 6) is -0.429. The molecule has 1 aromatic carbocycles. The largest absolute Gasteiger partial charge is 0.369 e. The van der Waals surface area contributed by atoms with Gasteiger partial charge >= 0.3 is 0 Å². The second-order valence-electron chi connectivity index (χ2n) is 6.14. The number of amides is 1. The van der Waals surface area contributed by atoms with Crippen molar-refractivity contribution in [1.82, 2.24) is 0 Å². The molecule has 0 spiro atoms. The standard InChI is InChI=1S/C15H21N3O3S/c16-15(19)12-4-1-5-13(12)18-8-2-3-10-6-7-11(9-14(10)18)22(17,20)21/h6-7,9,12-13H,1-5,8H2,(H2,16,19)(H2,17,20,21)/t12-,13?/m0/s1. The van der Waals surface area contributed by atoms with Crippen LogP contribution in [-0.2, 0) is 21.2 Å². The van der Waals surface area contributed by atoms with Gasteiger partial charge < -0.3 is 10.6 Å². The first-order chi connectivity index (χ1) is 10.4. The molecule has 1 fully saturated rings. The number of nitrogens with zero attached hydrogens (tertiary/aromatic N) is 1. The lowest BCUT2D eigenvalue weighted by Gasteiger charge is -2.38. The number of benzene rings is 1. The molecule has 1 amide bonds. The van der Waals surface area contributed by atoms with Crippen LogP contribution >= 0.6 is 0 Å². The Labute approximate surface area is 130 Å². The van der Waals surface area contributed by atoms with Crippen LogP contribution < -0.4 is 15.8 Å². The van der Waals surface area contributed by atoms with Crippen molar-refractivity contribution in [3.8, 4) is 0 Å². The minimum absolute atomic E-state index is 0.0623. The first-order valence-electron chi connectivity index (χ1n) is 7.59. The van der Waals surface area contributed by atoms with E-state index in [9.17, 15) is 13.2 Å². The molecule has 0 radical (unpaired) electrons. The molecule has 3 rings (SSSR count). The second-order valence-corrected chi connectivity index (χ2v) is 7.70. The zero-order valence-electron chi connectivity index (χ0n) is 12.4. The van der Waals surface area contributed by atoms with Gasteiger partial charge in [0.1, 0.15) is 0 Å². The molecule has 2 atom stereocenters. The van der Waals surface area contributed by atoms with Crippen molar-refractivity contribution in [1.29, 1.82) is 0 Å². The van der Waals surface area contributed by atoms with Crippen LogP contribution in [-0.4, -0.2) is 26.9 Å². The molecule has 1 aliphatic heterocycles. The summed E-state index contributed by atoms with van der Waals surface area (Å²) in [7, 11) is -3.73. The van der Waals surface area contributed by atoms with Crippen LogP contribution in [0.25, 0.3) is 0 Å². The van der Waals surface area contributed by atoms with Gasteiger partial charge in [-0.15, -0.1) is 0 Å². The predicted molar refractivity (Wildman–Crippen MR) is 83.8 cm³/mol. The molecule has 0 bridgehead atoms. The van der Waals surface area contributed by atoms with Crippen LogP contribution in [0.3, 0.4) is 0 Å². The molecule has 1 aromatic rings. The molecule has 120 valence electrons. The van der Waals surface area contributed by atoms with E-state index in [1.165, 1.54) is 0 Å². The lowest BCUT2D eigenvalue weighted by molar-refractivity contribution is -0.121. The molecule has 1 saturated carbocycles. The van der Waals surface area contributed by atoms with Crippen LogP contribution in [0.5, 0.6) is 0 Å². The first-order valence-corrected chi connectivity index (χ1v) is 9.14. The van der Waals surface area contributed by atoms with Gasteiger partial charge in [-0.25, -0.2) is 13.6 Å². The van der Waals surface area contributed by atoms with Gasteiger partial charge in [0, 0.05) is 18.3 Å². The Balaban J connectivity index is 2.01. The van der Waals surface area contributed by atoms with E-state index in [1.54, 1.807) is 12.1 Å². The second kappa shape index (κ2) is 5.55. The summed E-state index contributed by atoms with van der Waals surface area (Å²) in [6, 6.07) is 5.08. The van der Waals surface area contributed by atoms with E-state index >= 15 is 0 Å². The highest BCUT2D eigenvalue weighted by Crippen LogP contribution is 2.37. The Hall–Kier alpha value is -1.60. The maximum absolute atomic E-state index is 11.7. The van der Waals surface area contributed by atoms with Crippen LogP contribution in [0.1, 0.15) is 31.2 Å². The number of hydrogen-bond donors (Lipinski definition) is 2. The Kier molecular flexibility index (Phi) is 3.86. The Morgan fingerprint density at radius 3 is 2.68 bits per heavy atom. The van der Waals surface area contributed by atoms with E-state index in [0.717, 1.165) is 49.9 Å². The van der Waals surface area contributed by atoms with E-state index in [1.807, 2.05) is 6.07 Å². The number of hydrogen-bond acceptors (Lipinski definition) is 4. The third kappa shape index (κ3) is 2.70. The van der Waals surface area contributed by atoms with Crippen molar-refractivity contribution in [3.63, 3.8) is 0 Å². The van der Waals surface area contributed by atoms with Gasteiger partial charge in [0.15, 0.2) is 0 Å². The normalized spacial score (nSPS) is 25.0. The van der Waals surface area contributed by atoms with Crippen LogP contribution in [0.2, 0.25) is 0 Å². The fourth-order valence-electron chi connectivity index (χ4n) is 3.75. The maximum Gasteiger partial charge on any atom is 0.238 e.